The maximum atomic E-state index is 14.7. The number of halogens is 1. The van der Waals surface area contributed by atoms with Crippen molar-refractivity contribution in [3.8, 4) is 17.0 Å². The van der Waals surface area contributed by atoms with Gasteiger partial charge in [-0.2, -0.15) is 0 Å². The summed E-state index contributed by atoms with van der Waals surface area (Å²) in [7, 11) is 1.48. The van der Waals surface area contributed by atoms with E-state index in [4.69, 9.17) is 4.74 Å². The van der Waals surface area contributed by atoms with Gasteiger partial charge in [-0.05, 0) is 36.8 Å². The Morgan fingerprint density at radius 2 is 1.97 bits per heavy atom. The van der Waals surface area contributed by atoms with Gasteiger partial charge in [0.2, 0.25) is 0 Å². The molecule has 0 spiro atoms. The molecule has 1 atom stereocenters. The van der Waals surface area contributed by atoms with Crippen LogP contribution in [0.5, 0.6) is 5.75 Å². The number of aliphatic hydroxyl groups is 1. The van der Waals surface area contributed by atoms with E-state index in [1.54, 1.807) is 29.2 Å². The third-order valence-electron chi connectivity index (χ3n) is 5.76. The topological polar surface area (TPSA) is 78.8 Å². The molecule has 0 aliphatic carbocycles. The number of aromatic nitrogens is 2. The zero-order valence-corrected chi connectivity index (χ0v) is 17.0. The molecule has 0 unspecified atom stereocenters. The molecule has 0 saturated carbocycles. The van der Waals surface area contributed by atoms with Gasteiger partial charge in [-0.3, -0.25) is 14.7 Å². The average Bonchev–Trinajstić information content (AvgIpc) is 3.37. The second-order valence-corrected chi connectivity index (χ2v) is 7.64. The van der Waals surface area contributed by atoms with Crippen molar-refractivity contribution in [2.45, 2.75) is 19.1 Å². The van der Waals surface area contributed by atoms with E-state index in [1.807, 2.05) is 17.0 Å². The van der Waals surface area contributed by atoms with Crippen LogP contribution in [0.1, 0.15) is 22.3 Å². The number of ether oxygens (including phenoxy) is 1. The summed E-state index contributed by atoms with van der Waals surface area (Å²) >= 11 is 0. The van der Waals surface area contributed by atoms with Crippen LogP contribution in [0.25, 0.3) is 11.3 Å². The van der Waals surface area contributed by atoms with E-state index in [-0.39, 0.29) is 24.1 Å². The number of benzene rings is 1. The van der Waals surface area contributed by atoms with Crippen molar-refractivity contribution in [2.75, 3.05) is 30.0 Å². The minimum Gasteiger partial charge on any atom is -0.496 e. The second kappa shape index (κ2) is 7.63. The van der Waals surface area contributed by atoms with Crippen molar-refractivity contribution < 1.29 is 19.0 Å². The zero-order valence-electron chi connectivity index (χ0n) is 17.0. The van der Waals surface area contributed by atoms with Gasteiger partial charge in [0.05, 0.1) is 31.0 Å². The number of β-amino-alcohol motifs (C(OH)–C–C–N with tert-alkyl or cyclic N) is 1. The molecule has 7 nitrogen and oxygen atoms in total. The molecular formula is C23H21FN4O3. The molecule has 31 heavy (non-hydrogen) atoms. The van der Waals surface area contributed by atoms with E-state index < -0.39 is 5.82 Å². The fraction of sp³-hybridized carbons (Fsp3) is 0.261. The molecule has 0 radical (unpaired) electrons. The van der Waals surface area contributed by atoms with Crippen molar-refractivity contribution in [1.29, 1.82) is 0 Å². The summed E-state index contributed by atoms with van der Waals surface area (Å²) in [6.45, 7) is 1.46. The minimum absolute atomic E-state index is 0.208. The Kier molecular flexibility index (Phi) is 4.78. The summed E-state index contributed by atoms with van der Waals surface area (Å²) in [6.07, 6.45) is 1.84. The third kappa shape index (κ3) is 3.29. The molecule has 1 aromatic carbocycles. The molecule has 4 heterocycles. The van der Waals surface area contributed by atoms with Crippen LogP contribution in [0.4, 0.5) is 16.0 Å². The highest BCUT2D eigenvalue weighted by Crippen LogP contribution is 2.38. The number of carbonyl (C=O) groups excluding carboxylic acids is 1. The molecule has 1 N–H and O–H groups in total. The van der Waals surface area contributed by atoms with E-state index in [2.05, 4.69) is 9.97 Å². The predicted octanol–water partition coefficient (Wildman–Crippen LogP) is 3.02. The average molecular weight is 420 g/mol. The van der Waals surface area contributed by atoms with Crippen molar-refractivity contribution in [3.05, 3.63) is 65.6 Å². The lowest BCUT2D eigenvalue weighted by Crippen LogP contribution is -2.26. The fourth-order valence-corrected chi connectivity index (χ4v) is 4.22. The monoisotopic (exact) mass is 420 g/mol. The Labute approximate surface area is 178 Å². The van der Waals surface area contributed by atoms with Crippen LogP contribution in [0.3, 0.4) is 0 Å². The lowest BCUT2D eigenvalue weighted by Gasteiger charge is -2.20. The number of nitrogens with zero attached hydrogens (tertiary/aromatic N) is 4. The normalized spacial score (nSPS) is 17.9. The van der Waals surface area contributed by atoms with E-state index in [9.17, 15) is 14.3 Å². The first-order valence-corrected chi connectivity index (χ1v) is 10.1. The Hall–Kier alpha value is -3.52. The van der Waals surface area contributed by atoms with Gasteiger partial charge in [-0.1, -0.05) is 12.1 Å². The van der Waals surface area contributed by atoms with Gasteiger partial charge in [-0.15, -0.1) is 0 Å². The van der Waals surface area contributed by atoms with E-state index in [1.165, 1.54) is 19.4 Å². The number of hydrogen-bond acceptors (Lipinski definition) is 6. The summed E-state index contributed by atoms with van der Waals surface area (Å²) in [5.74, 6) is 0.914. The molecule has 2 aliphatic rings. The molecule has 3 aromatic rings. The van der Waals surface area contributed by atoms with Gasteiger partial charge in [0.1, 0.15) is 23.2 Å². The summed E-state index contributed by atoms with van der Waals surface area (Å²) < 4.78 is 20.1. The smallest absolute Gasteiger partial charge is 0.260 e. The number of fused-ring (bicyclic) bond motifs is 1. The second-order valence-electron chi connectivity index (χ2n) is 7.64. The molecule has 1 fully saturated rings. The predicted molar refractivity (Wildman–Crippen MR) is 114 cm³/mol. The van der Waals surface area contributed by atoms with Crippen LogP contribution >= 0.6 is 0 Å². The van der Waals surface area contributed by atoms with Crippen LogP contribution in [-0.4, -0.2) is 47.3 Å². The van der Waals surface area contributed by atoms with Crippen LogP contribution in [0, 0.1) is 5.82 Å². The number of amides is 1. The lowest BCUT2D eigenvalue weighted by atomic mass is 10.0. The summed E-state index contributed by atoms with van der Waals surface area (Å²) in [5, 5.41) is 9.82. The van der Waals surface area contributed by atoms with Crippen molar-refractivity contribution in [1.82, 2.24) is 9.97 Å². The zero-order chi connectivity index (χ0) is 21.5. The van der Waals surface area contributed by atoms with E-state index >= 15 is 0 Å². The van der Waals surface area contributed by atoms with Crippen molar-refractivity contribution in [2.24, 2.45) is 0 Å². The molecular weight excluding hydrogens is 399 g/mol. The van der Waals surface area contributed by atoms with Gasteiger partial charge >= 0.3 is 0 Å². The number of rotatable bonds is 4. The van der Waals surface area contributed by atoms with Gasteiger partial charge in [0.25, 0.3) is 5.91 Å². The number of aliphatic hydroxyl groups excluding tert-OH is 1. The Morgan fingerprint density at radius 1 is 1.16 bits per heavy atom. The molecule has 1 amide bonds. The summed E-state index contributed by atoms with van der Waals surface area (Å²) in [5.41, 5.74) is 1.74. The highest BCUT2D eigenvalue weighted by atomic mass is 19.1. The van der Waals surface area contributed by atoms with Crippen LogP contribution in [0.2, 0.25) is 0 Å². The van der Waals surface area contributed by atoms with Crippen LogP contribution < -0.4 is 14.5 Å². The number of hydrogen-bond donors (Lipinski definition) is 1. The first kappa shape index (κ1) is 19.4. The Balaban J connectivity index is 1.53. The molecule has 8 heteroatoms. The van der Waals surface area contributed by atoms with Gasteiger partial charge in [0, 0.05) is 30.4 Å². The fourth-order valence-electron chi connectivity index (χ4n) is 4.22. The van der Waals surface area contributed by atoms with E-state index in [0.717, 1.165) is 0 Å². The number of anilines is 2. The number of methoxy groups -OCH3 is 1. The van der Waals surface area contributed by atoms with Crippen molar-refractivity contribution in [3.63, 3.8) is 0 Å². The molecule has 5 rings (SSSR count). The Bertz CT molecular complexity index is 1170. The minimum atomic E-state index is -0.459. The number of pyridine rings is 2. The first-order chi connectivity index (χ1) is 15.1. The van der Waals surface area contributed by atoms with Crippen LogP contribution in [-0.2, 0) is 6.54 Å². The summed E-state index contributed by atoms with van der Waals surface area (Å²) in [6, 6.07) is 11.7. The third-order valence-corrected chi connectivity index (χ3v) is 5.76. The molecule has 158 valence electrons. The maximum absolute atomic E-state index is 14.7. The van der Waals surface area contributed by atoms with Crippen molar-refractivity contribution >= 4 is 17.5 Å². The Morgan fingerprint density at radius 3 is 2.74 bits per heavy atom. The summed E-state index contributed by atoms with van der Waals surface area (Å²) in [4.78, 5) is 25.8. The van der Waals surface area contributed by atoms with Crippen LogP contribution in [0.15, 0.2) is 48.7 Å². The SMILES string of the molecule is COc1cccc(F)c1-c1nccc2c1CN(c1cccc(N3CC[C@@H](O)C3)n1)C2=O. The highest BCUT2D eigenvalue weighted by Gasteiger charge is 2.34. The number of carbonyl (C=O) groups is 1. The van der Waals surface area contributed by atoms with Gasteiger partial charge in [-0.25, -0.2) is 9.37 Å². The molecule has 2 aromatic heterocycles. The van der Waals surface area contributed by atoms with Gasteiger partial charge < -0.3 is 14.7 Å². The lowest BCUT2D eigenvalue weighted by molar-refractivity contribution is 0.0996. The van der Waals surface area contributed by atoms with Gasteiger partial charge in [0.15, 0.2) is 0 Å². The highest BCUT2D eigenvalue weighted by molar-refractivity contribution is 6.10. The van der Waals surface area contributed by atoms with E-state index in [0.29, 0.717) is 53.7 Å². The molecule has 0 bridgehead atoms. The molecule has 1 saturated heterocycles. The molecule has 2 aliphatic heterocycles. The first-order valence-electron chi connectivity index (χ1n) is 10.1. The standard InChI is InChI=1S/C23H21FN4O3/c1-31-18-5-2-4-17(24)21(18)22-16-13-28(23(30)15(16)8-10-25-22)20-7-3-6-19(26-20)27-11-9-14(29)12-27/h2-8,10,14,29H,9,11-13H2,1H3/t14-/m1/s1. The largest absolute Gasteiger partial charge is 0.496 e. The quantitative estimate of drug-likeness (QED) is 0.699. The maximum Gasteiger partial charge on any atom is 0.260 e.